The molecule has 2 heterocycles. The van der Waals surface area contributed by atoms with E-state index in [2.05, 4.69) is 39.9 Å². The molecule has 0 aliphatic carbocycles. The van der Waals surface area contributed by atoms with Gasteiger partial charge in [0.1, 0.15) is 0 Å². The second kappa shape index (κ2) is 7.70. The van der Waals surface area contributed by atoms with E-state index in [1.54, 1.807) is 23.5 Å². The molecule has 0 unspecified atom stereocenters. The summed E-state index contributed by atoms with van der Waals surface area (Å²) in [6, 6.07) is 15.6. The molecule has 2 aromatic heterocycles. The Balaban J connectivity index is 1.57. The number of aromatic nitrogens is 2. The van der Waals surface area contributed by atoms with E-state index in [9.17, 15) is 4.79 Å². The van der Waals surface area contributed by atoms with Gasteiger partial charge in [-0.05, 0) is 47.7 Å². The molecule has 3 aromatic rings. The van der Waals surface area contributed by atoms with Gasteiger partial charge < -0.3 is 10.6 Å². The molecule has 0 bridgehead atoms. The molecule has 6 heteroatoms. The lowest BCUT2D eigenvalue weighted by Gasteiger charge is -2.07. The summed E-state index contributed by atoms with van der Waals surface area (Å²) >= 11 is 1.56. The van der Waals surface area contributed by atoms with Crippen molar-refractivity contribution in [1.82, 2.24) is 10.2 Å². The minimum Gasteiger partial charge on any atom is -0.339 e. The summed E-state index contributed by atoms with van der Waals surface area (Å²) in [7, 11) is 0. The molecule has 0 spiro atoms. The normalized spacial score (nSPS) is 10.4. The summed E-state index contributed by atoms with van der Waals surface area (Å²) in [5.41, 5.74) is 2.24. The number of benzene rings is 1. The van der Waals surface area contributed by atoms with Gasteiger partial charge in [-0.2, -0.15) is 0 Å². The van der Waals surface area contributed by atoms with E-state index in [4.69, 9.17) is 0 Å². The molecule has 24 heavy (non-hydrogen) atoms. The van der Waals surface area contributed by atoms with Gasteiger partial charge in [-0.3, -0.25) is 4.79 Å². The zero-order valence-corrected chi connectivity index (χ0v) is 14.1. The van der Waals surface area contributed by atoms with Crippen molar-refractivity contribution < 1.29 is 4.79 Å². The molecule has 0 atom stereocenters. The van der Waals surface area contributed by atoms with Gasteiger partial charge in [0.25, 0.3) is 0 Å². The minimum absolute atomic E-state index is 0.0948. The van der Waals surface area contributed by atoms with Gasteiger partial charge in [0, 0.05) is 10.6 Å². The lowest BCUT2D eigenvalue weighted by atomic mass is 10.1. The number of amides is 1. The van der Waals surface area contributed by atoms with E-state index >= 15 is 0 Å². The van der Waals surface area contributed by atoms with E-state index in [0.29, 0.717) is 18.1 Å². The molecule has 0 saturated heterocycles. The Labute approximate surface area is 144 Å². The van der Waals surface area contributed by atoms with Crippen LogP contribution in [0.5, 0.6) is 0 Å². The van der Waals surface area contributed by atoms with Crippen molar-refractivity contribution in [3.05, 3.63) is 64.4 Å². The molecule has 0 radical (unpaired) electrons. The van der Waals surface area contributed by atoms with E-state index < -0.39 is 0 Å². The number of nitrogens with one attached hydrogen (secondary N) is 2. The largest absolute Gasteiger partial charge is 0.339 e. The van der Waals surface area contributed by atoms with E-state index in [-0.39, 0.29) is 5.91 Å². The quantitative estimate of drug-likeness (QED) is 0.712. The van der Waals surface area contributed by atoms with Crippen LogP contribution >= 0.6 is 11.3 Å². The maximum atomic E-state index is 11.9. The predicted molar refractivity (Wildman–Crippen MR) is 97.8 cm³/mol. The number of rotatable bonds is 6. The third-order valence-corrected chi connectivity index (χ3v) is 4.36. The van der Waals surface area contributed by atoms with Crippen LogP contribution in [0.1, 0.15) is 17.4 Å². The van der Waals surface area contributed by atoms with Crippen molar-refractivity contribution in [1.29, 1.82) is 0 Å². The van der Waals surface area contributed by atoms with Gasteiger partial charge in [-0.15, -0.1) is 21.5 Å². The average Bonchev–Trinajstić information content (AvgIpc) is 3.10. The molecule has 5 nitrogen and oxygen atoms in total. The fourth-order valence-electron chi connectivity index (χ4n) is 2.20. The first-order valence-electron chi connectivity index (χ1n) is 7.75. The summed E-state index contributed by atoms with van der Waals surface area (Å²) < 4.78 is 0. The van der Waals surface area contributed by atoms with Crippen LogP contribution in [0.4, 0.5) is 17.3 Å². The lowest BCUT2D eigenvalue weighted by Crippen LogP contribution is -2.15. The van der Waals surface area contributed by atoms with Crippen LogP contribution in [0, 0.1) is 0 Å². The molecule has 122 valence electrons. The third-order valence-electron chi connectivity index (χ3n) is 3.48. The number of anilines is 3. The highest BCUT2D eigenvalue weighted by Crippen LogP contribution is 2.16. The summed E-state index contributed by atoms with van der Waals surface area (Å²) in [4.78, 5) is 13.0. The Morgan fingerprint density at radius 2 is 1.79 bits per heavy atom. The Hall–Kier alpha value is -2.73. The van der Waals surface area contributed by atoms with Crippen molar-refractivity contribution in [2.75, 3.05) is 10.6 Å². The summed E-state index contributed by atoms with van der Waals surface area (Å²) in [6.07, 6.45) is 1.36. The second-order valence-corrected chi connectivity index (χ2v) is 6.32. The van der Waals surface area contributed by atoms with E-state index in [1.807, 2.05) is 29.6 Å². The van der Waals surface area contributed by atoms with Crippen molar-refractivity contribution in [2.24, 2.45) is 0 Å². The van der Waals surface area contributed by atoms with Crippen LogP contribution in [0.3, 0.4) is 0 Å². The number of thiophene rings is 1. The van der Waals surface area contributed by atoms with Crippen LogP contribution in [-0.2, 0) is 17.6 Å². The van der Waals surface area contributed by atoms with Crippen LogP contribution in [0.25, 0.3) is 0 Å². The summed E-state index contributed by atoms with van der Waals surface area (Å²) in [5.74, 6) is 0.988. The van der Waals surface area contributed by atoms with Gasteiger partial charge in [-0.25, -0.2) is 0 Å². The highest BCUT2D eigenvalue weighted by atomic mass is 32.1. The Morgan fingerprint density at radius 3 is 2.42 bits per heavy atom. The van der Waals surface area contributed by atoms with Gasteiger partial charge in [-0.1, -0.05) is 25.1 Å². The van der Waals surface area contributed by atoms with Crippen molar-refractivity contribution in [3.8, 4) is 0 Å². The molecular weight excluding hydrogens is 320 g/mol. The molecule has 0 aliphatic rings. The van der Waals surface area contributed by atoms with Crippen LogP contribution in [-0.4, -0.2) is 16.1 Å². The first-order chi connectivity index (χ1) is 11.7. The fraction of sp³-hybridized carbons (Fsp3) is 0.167. The highest BCUT2D eigenvalue weighted by molar-refractivity contribution is 7.10. The van der Waals surface area contributed by atoms with Crippen molar-refractivity contribution in [2.45, 2.75) is 19.8 Å². The number of nitrogens with zero attached hydrogens (tertiary/aromatic N) is 2. The first kappa shape index (κ1) is 16.1. The molecule has 0 aliphatic heterocycles. The third kappa shape index (κ3) is 4.39. The standard InChI is InChI=1S/C18H18N4OS/c1-2-13-5-7-14(8-6-13)19-16-9-10-17(22-21-16)20-18(23)12-15-4-3-11-24-15/h3-11H,2,12H2,1H3,(H,19,21)(H,20,22,23). The summed E-state index contributed by atoms with van der Waals surface area (Å²) in [5, 5.41) is 16.0. The molecule has 1 aromatic carbocycles. The van der Waals surface area contributed by atoms with Gasteiger partial charge in [0.15, 0.2) is 11.6 Å². The highest BCUT2D eigenvalue weighted by Gasteiger charge is 2.06. The fourth-order valence-corrected chi connectivity index (χ4v) is 2.90. The number of aryl methyl sites for hydroxylation is 1. The number of hydrogen-bond acceptors (Lipinski definition) is 5. The first-order valence-corrected chi connectivity index (χ1v) is 8.63. The topological polar surface area (TPSA) is 66.9 Å². The number of hydrogen-bond donors (Lipinski definition) is 2. The van der Waals surface area contributed by atoms with Crippen LogP contribution in [0.15, 0.2) is 53.9 Å². The van der Waals surface area contributed by atoms with E-state index in [1.165, 1.54) is 5.56 Å². The van der Waals surface area contributed by atoms with Crippen molar-refractivity contribution in [3.63, 3.8) is 0 Å². The summed E-state index contributed by atoms with van der Waals surface area (Å²) in [6.45, 7) is 2.12. The lowest BCUT2D eigenvalue weighted by molar-refractivity contribution is -0.115. The molecule has 2 N–H and O–H groups in total. The zero-order chi connectivity index (χ0) is 16.8. The van der Waals surface area contributed by atoms with Gasteiger partial charge in [0.05, 0.1) is 6.42 Å². The molecule has 0 saturated carbocycles. The number of carbonyl (C=O) groups excluding carboxylic acids is 1. The molecule has 3 rings (SSSR count). The van der Waals surface area contributed by atoms with E-state index in [0.717, 1.165) is 17.0 Å². The van der Waals surface area contributed by atoms with Crippen LogP contribution in [0.2, 0.25) is 0 Å². The SMILES string of the molecule is CCc1ccc(Nc2ccc(NC(=O)Cc3cccs3)nn2)cc1. The zero-order valence-electron chi connectivity index (χ0n) is 13.3. The molecular formula is C18H18N4OS. The second-order valence-electron chi connectivity index (χ2n) is 5.28. The Morgan fingerprint density at radius 1 is 1.04 bits per heavy atom. The Kier molecular flexibility index (Phi) is 5.18. The number of carbonyl (C=O) groups is 1. The monoisotopic (exact) mass is 338 g/mol. The van der Waals surface area contributed by atoms with Gasteiger partial charge >= 0.3 is 0 Å². The molecule has 0 fully saturated rings. The van der Waals surface area contributed by atoms with Gasteiger partial charge in [0.2, 0.25) is 5.91 Å². The maximum absolute atomic E-state index is 11.9. The minimum atomic E-state index is -0.0948. The predicted octanol–water partition coefficient (Wildman–Crippen LogP) is 4.03. The smallest absolute Gasteiger partial charge is 0.230 e. The average molecular weight is 338 g/mol. The van der Waals surface area contributed by atoms with Crippen molar-refractivity contribution >= 4 is 34.6 Å². The molecule has 1 amide bonds. The van der Waals surface area contributed by atoms with Crippen LogP contribution < -0.4 is 10.6 Å². The Bertz CT molecular complexity index is 783. The maximum Gasteiger partial charge on any atom is 0.230 e.